The minimum atomic E-state index is -0.257. The van der Waals surface area contributed by atoms with Crippen molar-refractivity contribution in [3.05, 3.63) is 59.7 Å². The summed E-state index contributed by atoms with van der Waals surface area (Å²) >= 11 is 0. The van der Waals surface area contributed by atoms with Crippen molar-refractivity contribution in [3.8, 4) is 5.75 Å². The van der Waals surface area contributed by atoms with Crippen molar-refractivity contribution in [3.63, 3.8) is 0 Å². The molecule has 0 saturated heterocycles. The molecule has 1 amide bonds. The van der Waals surface area contributed by atoms with Crippen LogP contribution in [0.2, 0.25) is 0 Å². The average Bonchev–Trinajstić information content (AvgIpc) is 2.46. The molecule has 0 spiro atoms. The Morgan fingerprint density at radius 2 is 2.00 bits per heavy atom. The molecule has 20 heavy (non-hydrogen) atoms. The molecule has 0 fully saturated rings. The Balaban J connectivity index is 1.93. The number of ether oxygens (including phenoxy) is 1. The van der Waals surface area contributed by atoms with Crippen LogP contribution < -0.4 is 10.1 Å². The summed E-state index contributed by atoms with van der Waals surface area (Å²) in [5.41, 5.74) is 2.36. The molecule has 2 aromatic rings. The highest BCUT2D eigenvalue weighted by atomic mass is 16.5. The minimum absolute atomic E-state index is 0.0663. The van der Waals surface area contributed by atoms with Crippen molar-refractivity contribution in [1.82, 2.24) is 0 Å². The second-order valence-corrected chi connectivity index (χ2v) is 4.47. The molecule has 4 heteroatoms. The van der Waals surface area contributed by atoms with Crippen LogP contribution >= 0.6 is 0 Å². The van der Waals surface area contributed by atoms with Gasteiger partial charge in [-0.25, -0.2) is 0 Å². The number of aryl methyl sites for hydroxylation is 1. The van der Waals surface area contributed by atoms with E-state index in [-0.39, 0.29) is 19.1 Å². The molecule has 104 valence electrons. The number of anilines is 1. The molecule has 0 bridgehead atoms. The van der Waals surface area contributed by atoms with Crippen LogP contribution in [0, 0.1) is 6.92 Å². The van der Waals surface area contributed by atoms with Crippen molar-refractivity contribution < 1.29 is 14.6 Å². The van der Waals surface area contributed by atoms with E-state index in [4.69, 9.17) is 4.74 Å². The fraction of sp³-hybridized carbons (Fsp3) is 0.188. The number of hydrogen-bond donors (Lipinski definition) is 2. The Morgan fingerprint density at radius 1 is 1.20 bits per heavy atom. The number of aliphatic hydroxyl groups excluding tert-OH is 1. The van der Waals surface area contributed by atoms with Crippen LogP contribution in [0.1, 0.15) is 11.1 Å². The third-order valence-corrected chi connectivity index (χ3v) is 2.82. The SMILES string of the molecule is Cc1cccc(OCC(=O)Nc2ccccc2CO)c1. The van der Waals surface area contributed by atoms with Crippen LogP contribution in [0.4, 0.5) is 5.69 Å². The number of carbonyl (C=O) groups is 1. The molecular formula is C16H17NO3. The van der Waals surface area contributed by atoms with Crippen LogP contribution in [-0.2, 0) is 11.4 Å². The third kappa shape index (κ3) is 3.83. The van der Waals surface area contributed by atoms with Gasteiger partial charge in [-0.05, 0) is 30.7 Å². The standard InChI is InChI=1S/C16H17NO3/c1-12-5-4-7-14(9-12)20-11-16(19)17-15-8-3-2-6-13(15)10-18/h2-9,18H,10-11H2,1H3,(H,17,19). The lowest BCUT2D eigenvalue weighted by molar-refractivity contribution is -0.118. The summed E-state index contributed by atoms with van der Waals surface area (Å²) in [6.07, 6.45) is 0. The molecule has 0 heterocycles. The summed E-state index contributed by atoms with van der Waals surface area (Å²) in [6, 6.07) is 14.6. The first-order valence-electron chi connectivity index (χ1n) is 6.37. The summed E-state index contributed by atoms with van der Waals surface area (Å²) in [7, 11) is 0. The predicted octanol–water partition coefficient (Wildman–Crippen LogP) is 2.50. The van der Waals surface area contributed by atoms with E-state index in [1.54, 1.807) is 18.2 Å². The van der Waals surface area contributed by atoms with Gasteiger partial charge >= 0.3 is 0 Å². The monoisotopic (exact) mass is 271 g/mol. The molecule has 0 aliphatic heterocycles. The van der Waals surface area contributed by atoms with Crippen molar-refractivity contribution in [2.75, 3.05) is 11.9 Å². The van der Waals surface area contributed by atoms with Crippen LogP contribution in [0.25, 0.3) is 0 Å². The van der Waals surface area contributed by atoms with Gasteiger partial charge in [-0.2, -0.15) is 0 Å². The van der Waals surface area contributed by atoms with Crippen LogP contribution in [0.5, 0.6) is 5.75 Å². The summed E-state index contributed by atoms with van der Waals surface area (Å²) in [4.78, 5) is 11.8. The largest absolute Gasteiger partial charge is 0.484 e. The zero-order valence-corrected chi connectivity index (χ0v) is 11.3. The van der Waals surface area contributed by atoms with Gasteiger partial charge in [0, 0.05) is 11.3 Å². The number of benzene rings is 2. The Kier molecular flexibility index (Phi) is 4.74. The number of rotatable bonds is 5. The van der Waals surface area contributed by atoms with Gasteiger partial charge in [-0.15, -0.1) is 0 Å². The molecule has 2 aromatic carbocycles. The fourth-order valence-electron chi connectivity index (χ4n) is 1.82. The predicted molar refractivity (Wildman–Crippen MR) is 77.7 cm³/mol. The second kappa shape index (κ2) is 6.73. The number of amides is 1. The molecule has 2 N–H and O–H groups in total. The molecular weight excluding hydrogens is 254 g/mol. The topological polar surface area (TPSA) is 58.6 Å². The molecule has 0 aliphatic rings. The maximum atomic E-state index is 11.8. The van der Waals surface area contributed by atoms with E-state index < -0.39 is 0 Å². The zero-order chi connectivity index (χ0) is 14.4. The van der Waals surface area contributed by atoms with Gasteiger partial charge in [-0.3, -0.25) is 4.79 Å². The quantitative estimate of drug-likeness (QED) is 0.878. The molecule has 0 saturated carbocycles. The van der Waals surface area contributed by atoms with Gasteiger partial charge in [0.25, 0.3) is 5.91 Å². The maximum absolute atomic E-state index is 11.8. The van der Waals surface area contributed by atoms with Crippen molar-refractivity contribution in [1.29, 1.82) is 0 Å². The van der Waals surface area contributed by atoms with Gasteiger partial charge < -0.3 is 15.2 Å². The Bertz CT molecular complexity index is 596. The lowest BCUT2D eigenvalue weighted by atomic mass is 10.2. The van der Waals surface area contributed by atoms with Gasteiger partial charge in [0.2, 0.25) is 0 Å². The molecule has 0 aliphatic carbocycles. The average molecular weight is 271 g/mol. The first kappa shape index (κ1) is 14.1. The molecule has 0 atom stereocenters. The Labute approximate surface area is 118 Å². The van der Waals surface area contributed by atoms with Gasteiger partial charge in [0.15, 0.2) is 6.61 Å². The van der Waals surface area contributed by atoms with E-state index in [9.17, 15) is 9.90 Å². The number of carbonyl (C=O) groups excluding carboxylic acids is 1. The summed E-state index contributed by atoms with van der Waals surface area (Å²) in [5, 5.41) is 11.9. The first-order valence-corrected chi connectivity index (χ1v) is 6.37. The normalized spacial score (nSPS) is 10.1. The molecule has 0 aromatic heterocycles. The lowest BCUT2D eigenvalue weighted by Gasteiger charge is -2.10. The van der Waals surface area contributed by atoms with E-state index in [1.165, 1.54) is 0 Å². The number of nitrogens with one attached hydrogen (secondary N) is 1. The molecule has 4 nitrogen and oxygen atoms in total. The highest BCUT2D eigenvalue weighted by Crippen LogP contribution is 2.15. The maximum Gasteiger partial charge on any atom is 0.262 e. The lowest BCUT2D eigenvalue weighted by Crippen LogP contribution is -2.20. The summed E-state index contributed by atoms with van der Waals surface area (Å²) < 4.78 is 5.42. The van der Waals surface area contributed by atoms with E-state index in [0.717, 1.165) is 5.56 Å². The van der Waals surface area contributed by atoms with E-state index in [0.29, 0.717) is 17.0 Å². The van der Waals surface area contributed by atoms with Crippen molar-refractivity contribution in [2.45, 2.75) is 13.5 Å². The van der Waals surface area contributed by atoms with E-state index in [1.807, 2.05) is 37.3 Å². The molecule has 0 radical (unpaired) electrons. The van der Waals surface area contributed by atoms with Gasteiger partial charge in [0.05, 0.1) is 6.61 Å². The number of hydrogen-bond acceptors (Lipinski definition) is 3. The molecule has 0 unspecified atom stereocenters. The fourth-order valence-corrected chi connectivity index (χ4v) is 1.82. The van der Waals surface area contributed by atoms with Crippen LogP contribution in [-0.4, -0.2) is 17.6 Å². The minimum Gasteiger partial charge on any atom is -0.484 e. The smallest absolute Gasteiger partial charge is 0.262 e. The van der Waals surface area contributed by atoms with Crippen LogP contribution in [0.3, 0.4) is 0 Å². The number of aliphatic hydroxyl groups is 1. The van der Waals surface area contributed by atoms with Crippen molar-refractivity contribution in [2.24, 2.45) is 0 Å². The van der Waals surface area contributed by atoms with E-state index in [2.05, 4.69) is 5.32 Å². The first-order chi connectivity index (χ1) is 9.69. The second-order valence-electron chi connectivity index (χ2n) is 4.47. The third-order valence-electron chi connectivity index (χ3n) is 2.82. The zero-order valence-electron chi connectivity index (χ0n) is 11.3. The van der Waals surface area contributed by atoms with Gasteiger partial charge in [-0.1, -0.05) is 30.3 Å². The van der Waals surface area contributed by atoms with Crippen molar-refractivity contribution >= 4 is 11.6 Å². The summed E-state index contributed by atoms with van der Waals surface area (Å²) in [6.45, 7) is 1.78. The van der Waals surface area contributed by atoms with E-state index >= 15 is 0 Å². The highest BCUT2D eigenvalue weighted by molar-refractivity contribution is 5.92. The van der Waals surface area contributed by atoms with Crippen LogP contribution in [0.15, 0.2) is 48.5 Å². The van der Waals surface area contributed by atoms with Gasteiger partial charge in [0.1, 0.15) is 5.75 Å². The highest BCUT2D eigenvalue weighted by Gasteiger charge is 2.06. The Hall–Kier alpha value is -2.33. The molecule has 2 rings (SSSR count). The summed E-state index contributed by atoms with van der Waals surface area (Å²) in [5.74, 6) is 0.406. The Morgan fingerprint density at radius 3 is 2.75 bits per heavy atom. The number of para-hydroxylation sites is 1.